The van der Waals surface area contributed by atoms with Crippen LogP contribution in [0.25, 0.3) is 16.3 Å². The fourth-order valence-electron chi connectivity index (χ4n) is 4.59. The maximum absolute atomic E-state index is 13.4. The fraction of sp³-hybridized carbons (Fsp3) is 0.407. The third-order valence-electron chi connectivity index (χ3n) is 7.00. The second-order valence-electron chi connectivity index (χ2n) is 9.51. The van der Waals surface area contributed by atoms with E-state index >= 15 is 0 Å². The molecule has 1 aromatic carbocycles. The molecule has 1 saturated carbocycles. The molecular weight excluding hydrogens is 556 g/mol. The van der Waals surface area contributed by atoms with Crippen molar-refractivity contribution in [3.05, 3.63) is 58.0 Å². The van der Waals surface area contributed by atoms with Gasteiger partial charge in [-0.2, -0.15) is 5.10 Å². The molecule has 2 amide bonds. The van der Waals surface area contributed by atoms with Crippen molar-refractivity contribution < 1.29 is 19.5 Å². The van der Waals surface area contributed by atoms with Gasteiger partial charge in [-0.15, -0.1) is 11.3 Å². The number of hydrogen-bond acceptors (Lipinski definition) is 5. The van der Waals surface area contributed by atoms with Crippen LogP contribution in [0.4, 0.5) is 0 Å². The van der Waals surface area contributed by atoms with E-state index in [0.29, 0.717) is 43.4 Å². The zero-order valence-electron chi connectivity index (χ0n) is 20.8. The summed E-state index contributed by atoms with van der Waals surface area (Å²) in [6.45, 7) is 3.74. The molecule has 0 aliphatic heterocycles. The molecule has 1 aliphatic rings. The Labute approximate surface area is 228 Å². The molecule has 2 atom stereocenters. The molecule has 3 aromatic rings. The van der Waals surface area contributed by atoms with Crippen molar-refractivity contribution in [3.8, 4) is 16.3 Å². The van der Waals surface area contributed by atoms with Gasteiger partial charge in [-0.05, 0) is 71.8 Å². The number of thiophene rings is 1. The van der Waals surface area contributed by atoms with E-state index in [4.69, 9.17) is 5.10 Å². The van der Waals surface area contributed by atoms with Crippen molar-refractivity contribution in [2.24, 2.45) is 11.8 Å². The molecule has 0 saturated heterocycles. The van der Waals surface area contributed by atoms with Gasteiger partial charge in [0.1, 0.15) is 11.7 Å². The van der Waals surface area contributed by atoms with Gasteiger partial charge in [0.25, 0.3) is 5.91 Å². The maximum Gasteiger partial charge on any atom is 0.326 e. The molecular formula is C27H31BrN4O4S. The summed E-state index contributed by atoms with van der Waals surface area (Å²) in [5.74, 6) is -1.82. The van der Waals surface area contributed by atoms with Crippen LogP contribution >= 0.6 is 27.3 Å². The number of rotatable bonds is 9. The van der Waals surface area contributed by atoms with Gasteiger partial charge < -0.3 is 15.7 Å². The summed E-state index contributed by atoms with van der Waals surface area (Å²) >= 11 is 5.01. The van der Waals surface area contributed by atoms with Gasteiger partial charge in [0.15, 0.2) is 0 Å². The van der Waals surface area contributed by atoms with Crippen molar-refractivity contribution in [2.75, 3.05) is 0 Å². The first-order valence-corrected chi connectivity index (χ1v) is 14.1. The van der Waals surface area contributed by atoms with E-state index in [1.807, 2.05) is 56.3 Å². The summed E-state index contributed by atoms with van der Waals surface area (Å²) in [6.07, 6.45) is 4.92. The van der Waals surface area contributed by atoms with Gasteiger partial charge in [0.2, 0.25) is 5.91 Å². The summed E-state index contributed by atoms with van der Waals surface area (Å²) in [4.78, 5) is 38.6. The number of carboxylic acid groups (broad SMARTS) is 1. The third-order valence-corrected chi connectivity index (χ3v) is 8.63. The van der Waals surface area contributed by atoms with Gasteiger partial charge in [0.05, 0.1) is 19.9 Å². The Morgan fingerprint density at radius 2 is 1.84 bits per heavy atom. The van der Waals surface area contributed by atoms with Crippen LogP contribution in [-0.2, 0) is 9.59 Å². The topological polar surface area (TPSA) is 113 Å². The maximum atomic E-state index is 13.4. The summed E-state index contributed by atoms with van der Waals surface area (Å²) in [6, 6.07) is 12.6. The lowest BCUT2D eigenvalue weighted by Crippen LogP contribution is -2.48. The standard InChI is InChI=1S/C27H31BrN4O4S/c1-3-16(2)23(27(35)36)30-25(33)17-9-11-18(12-10-17)29-26(34)20-15-32(19-7-5-4-6-8-19)31-24(20)21-13-14-22(28)37-21/h4-8,13-18,23H,3,9-12H2,1-2H3,(H,29,34)(H,30,33)(H,35,36)/t16-,17-,18-,23-/m0/s1. The molecule has 2 heterocycles. The second-order valence-corrected chi connectivity index (χ2v) is 12.0. The number of halogens is 1. The van der Waals surface area contributed by atoms with E-state index in [1.165, 1.54) is 11.3 Å². The smallest absolute Gasteiger partial charge is 0.326 e. The molecule has 0 spiro atoms. The van der Waals surface area contributed by atoms with Crippen LogP contribution in [0, 0.1) is 11.8 Å². The highest BCUT2D eigenvalue weighted by molar-refractivity contribution is 9.11. The monoisotopic (exact) mass is 586 g/mol. The Balaban J connectivity index is 1.42. The van der Waals surface area contributed by atoms with Gasteiger partial charge >= 0.3 is 5.97 Å². The van der Waals surface area contributed by atoms with E-state index in [0.717, 1.165) is 14.4 Å². The van der Waals surface area contributed by atoms with Crippen molar-refractivity contribution >= 4 is 45.1 Å². The number of para-hydroxylation sites is 1. The van der Waals surface area contributed by atoms with Gasteiger partial charge in [-0.3, -0.25) is 9.59 Å². The predicted molar refractivity (Wildman–Crippen MR) is 147 cm³/mol. The molecule has 0 radical (unpaired) electrons. The van der Waals surface area contributed by atoms with Crippen LogP contribution in [0.2, 0.25) is 0 Å². The zero-order chi connectivity index (χ0) is 26.5. The number of aromatic nitrogens is 2. The Bertz CT molecular complexity index is 1250. The SMILES string of the molecule is CC[C@H](C)[C@H](NC(=O)[C@H]1CC[C@H](NC(=O)c2cn(-c3ccccc3)nc2-c2ccc(Br)s2)CC1)C(=O)O. The Morgan fingerprint density at radius 1 is 1.14 bits per heavy atom. The molecule has 3 N–H and O–H groups in total. The summed E-state index contributed by atoms with van der Waals surface area (Å²) in [5, 5.41) is 20.1. The van der Waals surface area contributed by atoms with Crippen LogP contribution in [0.3, 0.4) is 0 Å². The fourth-order valence-corrected chi connectivity index (χ4v) is 5.98. The molecule has 4 rings (SSSR count). The highest BCUT2D eigenvalue weighted by Crippen LogP contribution is 2.33. The predicted octanol–water partition coefficient (Wildman–Crippen LogP) is 5.27. The molecule has 196 valence electrons. The number of carboxylic acids is 1. The minimum Gasteiger partial charge on any atom is -0.480 e. The highest BCUT2D eigenvalue weighted by atomic mass is 79.9. The number of aliphatic carboxylic acids is 1. The minimum absolute atomic E-state index is 0.0654. The third kappa shape index (κ3) is 6.48. The number of carbonyl (C=O) groups is 3. The number of carbonyl (C=O) groups excluding carboxylic acids is 2. The normalized spacial score (nSPS) is 19.1. The van der Waals surface area contributed by atoms with Crippen molar-refractivity contribution in [1.29, 1.82) is 0 Å². The largest absolute Gasteiger partial charge is 0.480 e. The summed E-state index contributed by atoms with van der Waals surface area (Å²) in [5.41, 5.74) is 1.98. The molecule has 2 aromatic heterocycles. The lowest BCUT2D eigenvalue weighted by molar-refractivity contribution is -0.144. The first-order chi connectivity index (χ1) is 17.8. The van der Waals surface area contributed by atoms with Gasteiger partial charge in [-0.25, -0.2) is 9.48 Å². The molecule has 0 bridgehead atoms. The van der Waals surface area contributed by atoms with E-state index in [2.05, 4.69) is 26.6 Å². The summed E-state index contributed by atoms with van der Waals surface area (Å²) < 4.78 is 2.67. The molecule has 8 nitrogen and oxygen atoms in total. The van der Waals surface area contributed by atoms with E-state index in [-0.39, 0.29) is 29.7 Å². The molecule has 37 heavy (non-hydrogen) atoms. The Morgan fingerprint density at radius 3 is 2.43 bits per heavy atom. The van der Waals surface area contributed by atoms with Crippen molar-refractivity contribution in [2.45, 2.75) is 58.0 Å². The second kappa shape index (κ2) is 12.0. The number of nitrogens with zero attached hydrogens (tertiary/aromatic N) is 2. The molecule has 1 fully saturated rings. The zero-order valence-corrected chi connectivity index (χ0v) is 23.2. The molecule has 0 unspecified atom stereocenters. The van der Waals surface area contributed by atoms with Crippen LogP contribution in [0.1, 0.15) is 56.3 Å². The Kier molecular flexibility index (Phi) is 8.81. The minimum atomic E-state index is -1.01. The first kappa shape index (κ1) is 27.1. The number of hydrogen-bond donors (Lipinski definition) is 3. The van der Waals surface area contributed by atoms with Crippen LogP contribution in [-0.4, -0.2) is 44.8 Å². The van der Waals surface area contributed by atoms with Crippen LogP contribution < -0.4 is 10.6 Å². The number of nitrogens with one attached hydrogen (secondary N) is 2. The van der Waals surface area contributed by atoms with Crippen molar-refractivity contribution in [3.63, 3.8) is 0 Å². The van der Waals surface area contributed by atoms with E-state index in [1.54, 1.807) is 10.9 Å². The summed E-state index contributed by atoms with van der Waals surface area (Å²) in [7, 11) is 0. The number of benzene rings is 1. The van der Waals surface area contributed by atoms with E-state index in [9.17, 15) is 19.5 Å². The average Bonchev–Trinajstić information content (AvgIpc) is 3.54. The molecule has 10 heteroatoms. The highest BCUT2D eigenvalue weighted by Gasteiger charge is 2.32. The molecule has 1 aliphatic carbocycles. The quantitative estimate of drug-likeness (QED) is 0.316. The average molecular weight is 588 g/mol. The van der Waals surface area contributed by atoms with Crippen LogP contribution in [0.5, 0.6) is 0 Å². The van der Waals surface area contributed by atoms with Crippen LogP contribution in [0.15, 0.2) is 52.4 Å². The Hall–Kier alpha value is -2.98. The van der Waals surface area contributed by atoms with Gasteiger partial charge in [0, 0.05) is 18.2 Å². The van der Waals surface area contributed by atoms with Gasteiger partial charge in [-0.1, -0.05) is 38.5 Å². The first-order valence-electron chi connectivity index (χ1n) is 12.5. The number of amides is 2. The lowest BCUT2D eigenvalue weighted by atomic mass is 9.85. The lowest BCUT2D eigenvalue weighted by Gasteiger charge is -2.30. The van der Waals surface area contributed by atoms with E-state index < -0.39 is 12.0 Å². The van der Waals surface area contributed by atoms with Crippen molar-refractivity contribution in [1.82, 2.24) is 20.4 Å².